The standard InChI is InChI=1S/C13H15N3O3S/c1-3-9-6-7-20-11(9)8-14-13-10(16(17)18)4-5-12(15-13)19-2/h4-7H,3,8H2,1-2H3,(H,14,15). The van der Waals surface area contributed by atoms with Crippen molar-refractivity contribution in [2.75, 3.05) is 12.4 Å². The first kappa shape index (κ1) is 14.3. The number of nitro groups is 1. The fourth-order valence-electron chi connectivity index (χ4n) is 1.83. The van der Waals surface area contributed by atoms with E-state index in [0.29, 0.717) is 12.4 Å². The van der Waals surface area contributed by atoms with Crippen molar-refractivity contribution < 1.29 is 9.66 Å². The number of pyridine rings is 1. The molecule has 0 amide bonds. The summed E-state index contributed by atoms with van der Waals surface area (Å²) < 4.78 is 5.00. The number of hydrogen-bond acceptors (Lipinski definition) is 6. The number of anilines is 1. The Morgan fingerprint density at radius 3 is 2.90 bits per heavy atom. The van der Waals surface area contributed by atoms with Crippen molar-refractivity contribution in [1.82, 2.24) is 4.98 Å². The fourth-order valence-corrected chi connectivity index (χ4v) is 2.74. The van der Waals surface area contributed by atoms with Gasteiger partial charge in [0.05, 0.1) is 18.6 Å². The number of nitrogens with zero attached hydrogens (tertiary/aromatic N) is 2. The normalized spacial score (nSPS) is 10.3. The highest BCUT2D eigenvalue weighted by atomic mass is 32.1. The van der Waals surface area contributed by atoms with Crippen molar-refractivity contribution in [3.63, 3.8) is 0 Å². The van der Waals surface area contributed by atoms with Gasteiger partial charge < -0.3 is 10.1 Å². The molecule has 2 aromatic rings. The Morgan fingerprint density at radius 2 is 2.25 bits per heavy atom. The van der Waals surface area contributed by atoms with Crippen LogP contribution in [0.5, 0.6) is 5.88 Å². The molecular weight excluding hydrogens is 278 g/mol. The monoisotopic (exact) mass is 293 g/mol. The first-order valence-corrected chi connectivity index (χ1v) is 7.02. The highest BCUT2D eigenvalue weighted by Crippen LogP contribution is 2.26. The molecule has 6 nitrogen and oxygen atoms in total. The van der Waals surface area contributed by atoms with E-state index in [1.165, 1.54) is 24.8 Å². The van der Waals surface area contributed by atoms with E-state index in [0.717, 1.165) is 11.3 Å². The molecule has 106 valence electrons. The fraction of sp³-hybridized carbons (Fsp3) is 0.308. The highest BCUT2D eigenvalue weighted by Gasteiger charge is 2.16. The lowest BCUT2D eigenvalue weighted by Crippen LogP contribution is -2.05. The predicted molar refractivity (Wildman–Crippen MR) is 78.5 cm³/mol. The molecule has 2 aromatic heterocycles. The average molecular weight is 293 g/mol. The van der Waals surface area contributed by atoms with Gasteiger partial charge in [-0.3, -0.25) is 10.1 Å². The Kier molecular flexibility index (Phi) is 4.52. The van der Waals surface area contributed by atoms with Gasteiger partial charge in [0.1, 0.15) is 0 Å². The lowest BCUT2D eigenvalue weighted by molar-refractivity contribution is -0.384. The Hall–Kier alpha value is -2.15. The minimum Gasteiger partial charge on any atom is -0.481 e. The maximum absolute atomic E-state index is 11.0. The van der Waals surface area contributed by atoms with Gasteiger partial charge in [0.2, 0.25) is 11.7 Å². The van der Waals surface area contributed by atoms with Crippen molar-refractivity contribution in [2.45, 2.75) is 19.9 Å². The SMILES string of the molecule is CCc1ccsc1CNc1nc(OC)ccc1[N+](=O)[O-]. The summed E-state index contributed by atoms with van der Waals surface area (Å²) in [5.74, 6) is 0.574. The minimum atomic E-state index is -0.454. The molecule has 1 N–H and O–H groups in total. The molecule has 0 unspecified atom stereocenters. The van der Waals surface area contributed by atoms with Crippen LogP contribution >= 0.6 is 11.3 Å². The van der Waals surface area contributed by atoms with Gasteiger partial charge in [-0.15, -0.1) is 11.3 Å². The summed E-state index contributed by atoms with van der Waals surface area (Å²) in [6, 6.07) is 4.93. The van der Waals surface area contributed by atoms with E-state index in [9.17, 15) is 10.1 Å². The van der Waals surface area contributed by atoms with Crippen LogP contribution in [-0.2, 0) is 13.0 Å². The van der Waals surface area contributed by atoms with Gasteiger partial charge >= 0.3 is 5.69 Å². The molecule has 0 aliphatic rings. The van der Waals surface area contributed by atoms with E-state index in [2.05, 4.69) is 23.3 Å². The topological polar surface area (TPSA) is 77.3 Å². The zero-order valence-electron chi connectivity index (χ0n) is 11.3. The largest absolute Gasteiger partial charge is 0.481 e. The van der Waals surface area contributed by atoms with Gasteiger partial charge in [0.15, 0.2) is 0 Å². The number of hydrogen-bond donors (Lipinski definition) is 1. The molecular formula is C13H15N3O3S. The minimum absolute atomic E-state index is 0.0552. The van der Waals surface area contributed by atoms with Crippen molar-refractivity contribution in [3.05, 3.63) is 44.1 Å². The van der Waals surface area contributed by atoms with Gasteiger partial charge in [-0.1, -0.05) is 6.92 Å². The summed E-state index contributed by atoms with van der Waals surface area (Å²) in [5.41, 5.74) is 1.19. The Morgan fingerprint density at radius 1 is 1.45 bits per heavy atom. The van der Waals surface area contributed by atoms with Crippen molar-refractivity contribution in [1.29, 1.82) is 0 Å². The number of thiophene rings is 1. The molecule has 0 fully saturated rings. The number of rotatable bonds is 6. The van der Waals surface area contributed by atoms with Crippen LogP contribution in [0, 0.1) is 10.1 Å². The van der Waals surface area contributed by atoms with Crippen LogP contribution in [0.25, 0.3) is 0 Å². The van der Waals surface area contributed by atoms with Crippen LogP contribution in [0.2, 0.25) is 0 Å². The third-order valence-electron chi connectivity index (χ3n) is 2.89. The predicted octanol–water partition coefficient (Wildman–Crippen LogP) is 3.23. The molecule has 20 heavy (non-hydrogen) atoms. The van der Waals surface area contributed by atoms with Crippen LogP contribution < -0.4 is 10.1 Å². The summed E-state index contributed by atoms with van der Waals surface area (Å²) >= 11 is 1.63. The summed E-state index contributed by atoms with van der Waals surface area (Å²) in [7, 11) is 1.48. The second-order valence-corrected chi connectivity index (χ2v) is 5.06. The number of nitrogens with one attached hydrogen (secondary N) is 1. The van der Waals surface area contributed by atoms with Crippen molar-refractivity contribution in [2.24, 2.45) is 0 Å². The van der Waals surface area contributed by atoms with Crippen LogP contribution in [0.15, 0.2) is 23.6 Å². The van der Waals surface area contributed by atoms with Gasteiger partial charge in [-0.05, 0) is 23.4 Å². The van der Waals surface area contributed by atoms with Gasteiger partial charge in [-0.25, -0.2) is 0 Å². The molecule has 0 aliphatic carbocycles. The molecule has 0 saturated carbocycles. The smallest absolute Gasteiger partial charge is 0.311 e. The molecule has 0 atom stereocenters. The number of aromatic nitrogens is 1. The molecule has 0 saturated heterocycles. The second-order valence-electron chi connectivity index (χ2n) is 4.05. The maximum Gasteiger partial charge on any atom is 0.311 e. The van der Waals surface area contributed by atoms with E-state index in [1.807, 2.05) is 5.38 Å². The molecule has 0 spiro atoms. The summed E-state index contributed by atoms with van der Waals surface area (Å²) in [6.07, 6.45) is 0.939. The van der Waals surface area contributed by atoms with E-state index in [-0.39, 0.29) is 11.5 Å². The zero-order valence-corrected chi connectivity index (χ0v) is 12.1. The second kappa shape index (κ2) is 6.33. The molecule has 0 aliphatic heterocycles. The third-order valence-corrected chi connectivity index (χ3v) is 3.85. The van der Waals surface area contributed by atoms with E-state index >= 15 is 0 Å². The van der Waals surface area contributed by atoms with E-state index < -0.39 is 4.92 Å². The zero-order chi connectivity index (χ0) is 14.5. The van der Waals surface area contributed by atoms with Gasteiger partial charge in [0.25, 0.3) is 0 Å². The lowest BCUT2D eigenvalue weighted by atomic mass is 10.2. The summed E-state index contributed by atoms with van der Waals surface area (Å²) in [5, 5.41) is 16.0. The Balaban J connectivity index is 2.21. The van der Waals surface area contributed by atoms with Crippen LogP contribution in [-0.4, -0.2) is 17.0 Å². The first-order valence-electron chi connectivity index (χ1n) is 6.14. The first-order chi connectivity index (χ1) is 9.65. The molecule has 2 rings (SSSR count). The van der Waals surface area contributed by atoms with Crippen molar-refractivity contribution >= 4 is 22.8 Å². The molecule has 2 heterocycles. The molecule has 7 heteroatoms. The van der Waals surface area contributed by atoms with E-state index in [1.54, 1.807) is 11.3 Å². The Bertz CT molecular complexity index is 613. The van der Waals surface area contributed by atoms with Crippen LogP contribution in [0.4, 0.5) is 11.5 Å². The molecule has 0 bridgehead atoms. The lowest BCUT2D eigenvalue weighted by Gasteiger charge is -2.08. The average Bonchev–Trinajstić information content (AvgIpc) is 2.91. The highest BCUT2D eigenvalue weighted by molar-refractivity contribution is 7.10. The van der Waals surface area contributed by atoms with Gasteiger partial charge in [0, 0.05) is 17.0 Å². The van der Waals surface area contributed by atoms with E-state index in [4.69, 9.17) is 4.74 Å². The number of ether oxygens (including phenoxy) is 1. The third kappa shape index (κ3) is 3.05. The molecule has 0 aromatic carbocycles. The molecule has 0 radical (unpaired) electrons. The van der Waals surface area contributed by atoms with Crippen molar-refractivity contribution in [3.8, 4) is 5.88 Å². The Labute approximate surface area is 120 Å². The summed E-state index contributed by atoms with van der Waals surface area (Å²) in [6.45, 7) is 2.60. The number of aryl methyl sites for hydroxylation is 1. The summed E-state index contributed by atoms with van der Waals surface area (Å²) in [4.78, 5) is 15.8. The van der Waals surface area contributed by atoms with Gasteiger partial charge in [-0.2, -0.15) is 4.98 Å². The maximum atomic E-state index is 11.0. The van der Waals surface area contributed by atoms with Crippen LogP contribution in [0.3, 0.4) is 0 Å². The quantitative estimate of drug-likeness (QED) is 0.653. The number of methoxy groups -OCH3 is 1. The van der Waals surface area contributed by atoms with Crippen LogP contribution in [0.1, 0.15) is 17.4 Å².